The minimum atomic E-state index is -2.87. The number of nitrogens with one attached hydrogen (secondary N) is 1. The zero-order valence-corrected chi connectivity index (χ0v) is 17.0. The summed E-state index contributed by atoms with van der Waals surface area (Å²) in [4.78, 5) is 16.5. The van der Waals surface area contributed by atoms with Crippen molar-refractivity contribution in [2.75, 3.05) is 11.9 Å². The molecule has 1 N–H and O–H groups in total. The zero-order chi connectivity index (χ0) is 22.0. The third kappa shape index (κ3) is 5.16. The van der Waals surface area contributed by atoms with Gasteiger partial charge in [-0.3, -0.25) is 14.5 Å². The first-order chi connectivity index (χ1) is 14.9. The Balaban J connectivity index is 1.33. The van der Waals surface area contributed by atoms with Gasteiger partial charge in [0.25, 0.3) is 5.56 Å². The van der Waals surface area contributed by atoms with Gasteiger partial charge in [-0.15, -0.1) is 5.10 Å². The van der Waals surface area contributed by atoms with Gasteiger partial charge < -0.3 is 14.8 Å². The van der Waals surface area contributed by atoms with E-state index in [0.29, 0.717) is 24.7 Å². The molecule has 3 aromatic rings. The number of nitrogens with zero attached hydrogens (tertiary/aromatic N) is 5. The molecule has 0 saturated heterocycles. The zero-order valence-electron chi connectivity index (χ0n) is 17.0. The van der Waals surface area contributed by atoms with Crippen LogP contribution in [0.25, 0.3) is 0 Å². The highest BCUT2D eigenvalue weighted by Crippen LogP contribution is 2.46. The fourth-order valence-electron chi connectivity index (χ4n) is 3.31. The van der Waals surface area contributed by atoms with Crippen LogP contribution in [0.4, 0.5) is 14.5 Å². The molecule has 0 aliphatic heterocycles. The Labute approximate surface area is 176 Å². The third-order valence-corrected chi connectivity index (χ3v) is 5.01. The number of pyridine rings is 1. The first-order valence-electron chi connectivity index (χ1n) is 9.72. The van der Waals surface area contributed by atoms with Crippen molar-refractivity contribution in [1.82, 2.24) is 24.5 Å². The van der Waals surface area contributed by atoms with Crippen LogP contribution in [-0.2, 0) is 20.6 Å². The van der Waals surface area contributed by atoms with Gasteiger partial charge in [0.2, 0.25) is 5.88 Å². The lowest BCUT2D eigenvalue weighted by Crippen LogP contribution is -2.24. The monoisotopic (exact) mass is 432 g/mol. The number of hydrogen-bond donors (Lipinski definition) is 1. The maximum Gasteiger partial charge on any atom is 0.387 e. The van der Waals surface area contributed by atoms with E-state index in [1.54, 1.807) is 30.1 Å². The molecule has 3 aromatic heterocycles. The quantitative estimate of drug-likeness (QED) is 0.554. The Morgan fingerprint density at radius 1 is 1.29 bits per heavy atom. The predicted octanol–water partition coefficient (Wildman–Crippen LogP) is 2.30. The normalized spacial score (nSPS) is 17.6. The second kappa shape index (κ2) is 8.70. The van der Waals surface area contributed by atoms with Crippen molar-refractivity contribution in [2.24, 2.45) is 20.0 Å². The Morgan fingerprint density at radius 3 is 2.81 bits per heavy atom. The summed E-state index contributed by atoms with van der Waals surface area (Å²) >= 11 is 0. The fourth-order valence-corrected chi connectivity index (χ4v) is 3.31. The summed E-state index contributed by atoms with van der Waals surface area (Å²) in [5.41, 5.74) is 1.89. The summed E-state index contributed by atoms with van der Waals surface area (Å²) in [5, 5.41) is 11.4. The van der Waals surface area contributed by atoms with E-state index in [0.717, 1.165) is 17.7 Å². The molecule has 4 rings (SSSR count). The van der Waals surface area contributed by atoms with Crippen molar-refractivity contribution in [1.29, 1.82) is 0 Å². The molecule has 1 aliphatic carbocycles. The molecule has 0 amide bonds. The lowest BCUT2D eigenvalue weighted by atomic mass is 10.2. The van der Waals surface area contributed by atoms with Crippen LogP contribution in [0.3, 0.4) is 0 Å². The molecular weight excluding hydrogens is 410 g/mol. The van der Waals surface area contributed by atoms with E-state index in [9.17, 15) is 13.6 Å². The first-order valence-corrected chi connectivity index (χ1v) is 9.72. The molecule has 9 nitrogen and oxygen atoms in total. The van der Waals surface area contributed by atoms with Crippen LogP contribution in [0.1, 0.15) is 23.6 Å². The molecule has 3 heterocycles. The summed E-state index contributed by atoms with van der Waals surface area (Å²) in [6, 6.07) is 4.76. The first kappa shape index (κ1) is 20.8. The molecule has 11 heteroatoms. The number of aromatic nitrogens is 5. The van der Waals surface area contributed by atoms with E-state index in [-0.39, 0.29) is 23.1 Å². The SMILES string of the molecule is Cn1cc(CNc2cc(OC[C@H]3C[C@@H]3c3ccc(OC(F)F)cn3)nn(C)c2=O)cn1. The molecule has 2 atom stereocenters. The highest BCUT2D eigenvalue weighted by Gasteiger charge is 2.40. The highest BCUT2D eigenvalue weighted by molar-refractivity contribution is 5.43. The van der Waals surface area contributed by atoms with E-state index < -0.39 is 6.61 Å². The van der Waals surface area contributed by atoms with Crippen LogP contribution >= 0.6 is 0 Å². The molecule has 0 spiro atoms. The molecule has 0 radical (unpaired) electrons. The summed E-state index contributed by atoms with van der Waals surface area (Å²) in [7, 11) is 3.39. The molecule has 31 heavy (non-hydrogen) atoms. The molecule has 1 fully saturated rings. The Kier molecular flexibility index (Phi) is 5.83. The van der Waals surface area contributed by atoms with Crippen molar-refractivity contribution < 1.29 is 18.3 Å². The summed E-state index contributed by atoms with van der Waals surface area (Å²) < 4.78 is 37.5. The maximum atomic E-state index is 12.3. The van der Waals surface area contributed by atoms with Gasteiger partial charge in [0.1, 0.15) is 11.4 Å². The second-order valence-electron chi connectivity index (χ2n) is 7.41. The number of ether oxygens (including phenoxy) is 2. The smallest absolute Gasteiger partial charge is 0.387 e. The summed E-state index contributed by atoms with van der Waals surface area (Å²) in [5.74, 6) is 0.805. The average molecular weight is 432 g/mol. The number of hydrogen-bond acceptors (Lipinski definition) is 7. The Morgan fingerprint density at radius 2 is 2.13 bits per heavy atom. The molecule has 0 unspecified atom stereocenters. The lowest BCUT2D eigenvalue weighted by molar-refractivity contribution is -0.0500. The van der Waals surface area contributed by atoms with Crippen molar-refractivity contribution in [3.05, 3.63) is 58.4 Å². The van der Waals surface area contributed by atoms with Crippen LogP contribution in [0, 0.1) is 5.92 Å². The lowest BCUT2D eigenvalue weighted by Gasteiger charge is -2.10. The van der Waals surface area contributed by atoms with E-state index in [2.05, 4.69) is 25.2 Å². The minimum absolute atomic E-state index is 0.0351. The van der Waals surface area contributed by atoms with Crippen LogP contribution in [0.5, 0.6) is 11.6 Å². The van der Waals surface area contributed by atoms with E-state index in [1.807, 2.05) is 13.2 Å². The van der Waals surface area contributed by atoms with Crippen molar-refractivity contribution >= 4 is 5.69 Å². The minimum Gasteiger partial charge on any atom is -0.476 e. The third-order valence-electron chi connectivity index (χ3n) is 5.01. The number of rotatable bonds is 9. The van der Waals surface area contributed by atoms with Crippen LogP contribution in [-0.4, -0.2) is 37.8 Å². The number of halogens is 2. The Bertz CT molecular complexity index is 1100. The topological polar surface area (TPSA) is 96.1 Å². The highest BCUT2D eigenvalue weighted by atomic mass is 19.3. The van der Waals surface area contributed by atoms with Gasteiger partial charge in [0.05, 0.1) is 19.0 Å². The van der Waals surface area contributed by atoms with Gasteiger partial charge in [-0.05, 0) is 18.6 Å². The van der Waals surface area contributed by atoms with Gasteiger partial charge in [0.15, 0.2) is 0 Å². The molecule has 164 valence electrons. The van der Waals surface area contributed by atoms with Gasteiger partial charge in [0, 0.05) is 56.0 Å². The van der Waals surface area contributed by atoms with Crippen molar-refractivity contribution in [3.63, 3.8) is 0 Å². The largest absolute Gasteiger partial charge is 0.476 e. The van der Waals surface area contributed by atoms with Gasteiger partial charge in [-0.1, -0.05) is 0 Å². The van der Waals surface area contributed by atoms with Crippen LogP contribution in [0.2, 0.25) is 0 Å². The molecular formula is C20H22F2N6O3. The van der Waals surface area contributed by atoms with E-state index in [1.165, 1.54) is 16.9 Å². The van der Waals surface area contributed by atoms with Crippen LogP contribution < -0.4 is 20.3 Å². The summed E-state index contributed by atoms with van der Waals surface area (Å²) in [6.07, 6.45) is 5.76. The Hall–Kier alpha value is -3.50. The average Bonchev–Trinajstić information content (AvgIpc) is 3.39. The van der Waals surface area contributed by atoms with Crippen LogP contribution in [0.15, 0.2) is 41.6 Å². The van der Waals surface area contributed by atoms with Crippen molar-refractivity contribution in [2.45, 2.75) is 25.5 Å². The number of anilines is 1. The molecule has 0 aromatic carbocycles. The van der Waals surface area contributed by atoms with Gasteiger partial charge >= 0.3 is 6.61 Å². The van der Waals surface area contributed by atoms with E-state index >= 15 is 0 Å². The van der Waals surface area contributed by atoms with Gasteiger partial charge in [-0.25, -0.2) is 4.68 Å². The maximum absolute atomic E-state index is 12.3. The van der Waals surface area contributed by atoms with E-state index in [4.69, 9.17) is 4.74 Å². The fraction of sp³-hybridized carbons (Fsp3) is 0.400. The number of alkyl halides is 2. The van der Waals surface area contributed by atoms with Gasteiger partial charge in [-0.2, -0.15) is 13.9 Å². The predicted molar refractivity (Wildman–Crippen MR) is 107 cm³/mol. The standard InChI is InChI=1S/C20H22F2N6O3/c1-27-10-12(8-25-27)7-23-17-6-18(26-28(2)19(17)29)30-11-13-5-15(13)16-4-3-14(9-24-16)31-20(21)22/h3-4,6,8-10,13,15,20,23H,5,7,11H2,1-2H3/t13-,15+/m1/s1. The molecule has 1 aliphatic rings. The molecule has 0 bridgehead atoms. The summed E-state index contributed by atoms with van der Waals surface area (Å²) in [6.45, 7) is -2.00. The molecule has 1 saturated carbocycles. The van der Waals surface area contributed by atoms with Crippen molar-refractivity contribution in [3.8, 4) is 11.6 Å². The second-order valence-corrected chi connectivity index (χ2v) is 7.41. The number of aryl methyl sites for hydroxylation is 2.